The molecule has 6 nitrogen and oxygen atoms in total. The fourth-order valence-corrected chi connectivity index (χ4v) is 4.40. The van der Waals surface area contributed by atoms with E-state index in [0.29, 0.717) is 18.0 Å². The fourth-order valence-electron chi connectivity index (χ4n) is 4.40. The highest BCUT2D eigenvalue weighted by Crippen LogP contribution is 2.47. The minimum Gasteiger partial charge on any atom is -0.386 e. The number of nitrogens with one attached hydrogen (secondary N) is 2. The van der Waals surface area contributed by atoms with Crippen molar-refractivity contribution < 1.29 is 5.11 Å². The van der Waals surface area contributed by atoms with Crippen LogP contribution in [0.1, 0.15) is 49.3 Å². The van der Waals surface area contributed by atoms with E-state index >= 15 is 0 Å². The maximum atomic E-state index is 10.1. The lowest BCUT2D eigenvalue weighted by Gasteiger charge is -2.18. The van der Waals surface area contributed by atoms with Crippen LogP contribution < -0.4 is 10.6 Å². The average molecular weight is 464 g/mol. The summed E-state index contributed by atoms with van der Waals surface area (Å²) in [6.45, 7) is 4.95. The number of benzene rings is 2. The van der Waals surface area contributed by atoms with Crippen LogP contribution in [0.2, 0.25) is 0 Å². The monoisotopic (exact) mass is 463 g/mol. The van der Waals surface area contributed by atoms with Crippen LogP contribution in [0.25, 0.3) is 22.0 Å². The summed E-state index contributed by atoms with van der Waals surface area (Å²) in [6.07, 6.45) is 6.06. The smallest absolute Gasteiger partial charge is 0.125 e. The van der Waals surface area contributed by atoms with E-state index in [1.807, 2.05) is 42.6 Å². The lowest BCUT2D eigenvalue weighted by Crippen LogP contribution is -2.17. The number of nitrogens with zero attached hydrogens (tertiary/aromatic N) is 3. The molecule has 0 bridgehead atoms. The highest BCUT2D eigenvalue weighted by molar-refractivity contribution is 5.98. The van der Waals surface area contributed by atoms with Crippen molar-refractivity contribution >= 4 is 22.4 Å². The van der Waals surface area contributed by atoms with E-state index in [2.05, 4.69) is 39.9 Å². The van der Waals surface area contributed by atoms with Crippen LogP contribution in [0.4, 0.5) is 11.5 Å². The molecule has 1 fully saturated rings. The van der Waals surface area contributed by atoms with Crippen LogP contribution >= 0.6 is 0 Å². The molecule has 1 saturated carbocycles. The molecule has 2 heterocycles. The molecule has 6 heteroatoms. The van der Waals surface area contributed by atoms with Gasteiger partial charge in [0.1, 0.15) is 5.82 Å². The second kappa shape index (κ2) is 9.36. The number of anilines is 2. The van der Waals surface area contributed by atoms with E-state index in [-0.39, 0.29) is 0 Å². The summed E-state index contributed by atoms with van der Waals surface area (Å²) >= 11 is 0. The highest BCUT2D eigenvalue weighted by atomic mass is 16.3. The topological polar surface area (TPSA) is 93.9 Å². The Balaban J connectivity index is 1.33. The molecular formula is C29H29N5O. The Hall–Kier alpha value is -3.95. The first-order chi connectivity index (χ1) is 16.9. The Morgan fingerprint density at radius 2 is 1.74 bits per heavy atom. The number of nitriles is 1. The zero-order valence-corrected chi connectivity index (χ0v) is 20.0. The Bertz CT molecular complexity index is 1380. The van der Waals surface area contributed by atoms with Crippen LogP contribution in [0.5, 0.6) is 0 Å². The van der Waals surface area contributed by atoms with Crippen molar-refractivity contribution in [3.8, 4) is 17.2 Å². The fraction of sp³-hybridized carbons (Fsp3) is 0.276. The molecule has 0 spiro atoms. The summed E-state index contributed by atoms with van der Waals surface area (Å²) in [5.74, 6) is 1.34. The van der Waals surface area contributed by atoms with Crippen molar-refractivity contribution in [2.24, 2.45) is 0 Å². The van der Waals surface area contributed by atoms with Gasteiger partial charge in [0, 0.05) is 35.8 Å². The molecule has 2 aromatic carbocycles. The Morgan fingerprint density at radius 3 is 2.40 bits per heavy atom. The molecule has 5 rings (SSSR count). The summed E-state index contributed by atoms with van der Waals surface area (Å²) < 4.78 is 0. The first kappa shape index (κ1) is 22.8. The van der Waals surface area contributed by atoms with Crippen molar-refractivity contribution in [1.29, 1.82) is 5.26 Å². The van der Waals surface area contributed by atoms with Crippen molar-refractivity contribution in [3.05, 3.63) is 83.7 Å². The first-order valence-corrected chi connectivity index (χ1v) is 12.0. The maximum absolute atomic E-state index is 10.1. The third kappa shape index (κ3) is 4.96. The summed E-state index contributed by atoms with van der Waals surface area (Å²) in [7, 11) is 0. The van der Waals surface area contributed by atoms with Crippen LogP contribution in [0.3, 0.4) is 0 Å². The van der Waals surface area contributed by atoms with Crippen LogP contribution in [-0.4, -0.2) is 28.2 Å². The molecule has 1 aliphatic carbocycles. The number of fused-ring (bicyclic) bond motifs is 1. The molecular weight excluding hydrogens is 434 g/mol. The second-order valence-corrected chi connectivity index (χ2v) is 9.60. The van der Waals surface area contributed by atoms with Crippen molar-refractivity contribution in [2.45, 2.75) is 38.2 Å². The number of pyridine rings is 2. The predicted molar refractivity (Wildman–Crippen MR) is 140 cm³/mol. The first-order valence-electron chi connectivity index (χ1n) is 12.0. The molecule has 2 aromatic heterocycles. The van der Waals surface area contributed by atoms with E-state index in [0.717, 1.165) is 40.3 Å². The summed E-state index contributed by atoms with van der Waals surface area (Å²) in [5, 5.41) is 27.3. The average Bonchev–Trinajstić information content (AvgIpc) is 3.71. The van der Waals surface area contributed by atoms with Gasteiger partial charge < -0.3 is 15.7 Å². The molecule has 0 aliphatic heterocycles. The molecule has 0 saturated heterocycles. The largest absolute Gasteiger partial charge is 0.386 e. The number of aromatic nitrogens is 2. The molecule has 176 valence electrons. The van der Waals surface area contributed by atoms with Gasteiger partial charge >= 0.3 is 0 Å². The normalized spacial score (nSPS) is 13.4. The minimum absolute atomic E-state index is 0.559. The summed E-state index contributed by atoms with van der Waals surface area (Å²) in [5.41, 5.74) is 6.14. The van der Waals surface area contributed by atoms with Gasteiger partial charge in [0.2, 0.25) is 0 Å². The van der Waals surface area contributed by atoms with E-state index in [9.17, 15) is 5.11 Å². The third-order valence-electron chi connectivity index (χ3n) is 6.47. The quantitative estimate of drug-likeness (QED) is 0.286. The van der Waals surface area contributed by atoms with Crippen molar-refractivity contribution in [3.63, 3.8) is 0 Å². The zero-order valence-electron chi connectivity index (χ0n) is 20.0. The van der Waals surface area contributed by atoms with E-state index < -0.39 is 5.60 Å². The Kier molecular flexibility index (Phi) is 6.10. The third-order valence-corrected chi connectivity index (χ3v) is 6.47. The molecule has 3 N–H and O–H groups in total. The van der Waals surface area contributed by atoms with Crippen LogP contribution in [0.15, 0.2) is 67.0 Å². The van der Waals surface area contributed by atoms with Crippen LogP contribution in [0, 0.1) is 11.3 Å². The van der Waals surface area contributed by atoms with Gasteiger partial charge in [0.15, 0.2) is 0 Å². The highest BCUT2D eigenvalue weighted by Gasteiger charge is 2.29. The molecule has 0 unspecified atom stereocenters. The summed E-state index contributed by atoms with van der Waals surface area (Å²) in [6, 6.07) is 20.0. The zero-order chi connectivity index (χ0) is 24.4. The number of aliphatic hydroxyl groups is 1. The lowest BCUT2D eigenvalue weighted by molar-refractivity contribution is 0.0782. The van der Waals surface area contributed by atoms with Crippen molar-refractivity contribution in [2.75, 3.05) is 23.7 Å². The van der Waals surface area contributed by atoms with Gasteiger partial charge in [-0.05, 0) is 61.9 Å². The van der Waals surface area contributed by atoms with Gasteiger partial charge in [-0.15, -0.1) is 0 Å². The van der Waals surface area contributed by atoms with Crippen molar-refractivity contribution in [1.82, 2.24) is 9.97 Å². The standard InChI is InChI=1S/C29H29N5O/c1-29(2,35)22-12-13-26(33-17-22)32-15-14-31-25-18-34-28-23(20-8-6-19(16-30)7-9-20)4-3-5-24(28)27(25)21-10-11-21/h3-9,12-13,17-18,21,31,35H,10-11,14-15H2,1-2H3,(H,32,33). The SMILES string of the molecule is CC(C)(O)c1ccc(NCCNc2cnc3c(-c4ccc(C#N)cc4)cccc3c2C2CC2)nc1. The predicted octanol–water partition coefficient (Wildman–Crippen LogP) is 5.80. The van der Waals surface area contributed by atoms with E-state index in [1.54, 1.807) is 20.0 Å². The van der Waals surface area contributed by atoms with Gasteiger partial charge in [-0.25, -0.2) is 4.98 Å². The minimum atomic E-state index is -0.894. The Morgan fingerprint density at radius 1 is 0.971 bits per heavy atom. The molecule has 0 atom stereocenters. The molecule has 1 aliphatic rings. The molecule has 35 heavy (non-hydrogen) atoms. The number of para-hydroxylation sites is 1. The van der Waals surface area contributed by atoms with Crippen LogP contribution in [-0.2, 0) is 5.60 Å². The van der Waals surface area contributed by atoms with Gasteiger partial charge in [0.05, 0.1) is 34.6 Å². The van der Waals surface area contributed by atoms with E-state index in [1.165, 1.54) is 23.8 Å². The molecule has 4 aromatic rings. The Labute approximate surface area is 205 Å². The van der Waals surface area contributed by atoms with Gasteiger partial charge in [-0.3, -0.25) is 4.98 Å². The van der Waals surface area contributed by atoms with Gasteiger partial charge in [0.25, 0.3) is 0 Å². The number of rotatable bonds is 8. The molecule has 0 radical (unpaired) electrons. The number of hydrogen-bond acceptors (Lipinski definition) is 6. The van der Waals surface area contributed by atoms with Gasteiger partial charge in [-0.1, -0.05) is 36.4 Å². The van der Waals surface area contributed by atoms with E-state index in [4.69, 9.17) is 10.2 Å². The second-order valence-electron chi connectivity index (χ2n) is 9.60. The lowest BCUT2D eigenvalue weighted by atomic mass is 9.96. The number of hydrogen-bond donors (Lipinski definition) is 3. The molecule has 0 amide bonds. The van der Waals surface area contributed by atoms with Gasteiger partial charge in [-0.2, -0.15) is 5.26 Å². The summed E-state index contributed by atoms with van der Waals surface area (Å²) in [4.78, 5) is 9.26. The maximum Gasteiger partial charge on any atom is 0.125 e.